The third-order valence-electron chi connectivity index (χ3n) is 8.71. The quantitative estimate of drug-likeness (QED) is 0.313. The fraction of sp³-hybridized carbons (Fsp3) is 0.314. The monoisotopic (exact) mass is 621 g/mol. The number of benzene rings is 2. The average molecular weight is 622 g/mol. The van der Waals surface area contributed by atoms with E-state index in [1.165, 1.54) is 27.9 Å². The first-order valence-corrected chi connectivity index (χ1v) is 15.5. The van der Waals surface area contributed by atoms with E-state index in [2.05, 4.69) is 20.5 Å². The maximum atomic E-state index is 14.3. The number of carbonyl (C=O) groups excluding carboxylic acids is 2. The highest BCUT2D eigenvalue weighted by molar-refractivity contribution is 6.26. The number of allylic oxidation sites excluding steroid dienone is 1. The number of aromatic nitrogens is 3. The molecule has 1 atom stereocenters. The van der Waals surface area contributed by atoms with E-state index in [1.54, 1.807) is 13.1 Å². The highest BCUT2D eigenvalue weighted by Crippen LogP contribution is 2.37. The molecule has 4 heterocycles. The third-order valence-corrected chi connectivity index (χ3v) is 8.71. The summed E-state index contributed by atoms with van der Waals surface area (Å²) in [6.07, 6.45) is 4.37. The third kappa shape index (κ3) is 5.36. The van der Waals surface area contributed by atoms with Crippen molar-refractivity contribution in [1.82, 2.24) is 19.1 Å². The fourth-order valence-corrected chi connectivity index (χ4v) is 6.53. The van der Waals surface area contributed by atoms with Crippen molar-refractivity contribution < 1.29 is 24.2 Å². The number of fused-ring (bicyclic) bond motifs is 1. The molecule has 1 unspecified atom stereocenters. The lowest BCUT2D eigenvalue weighted by atomic mass is 9.96. The molecule has 11 nitrogen and oxygen atoms in total. The van der Waals surface area contributed by atoms with Gasteiger partial charge in [-0.3, -0.25) is 14.5 Å². The number of aliphatic hydroxyl groups is 1. The molecule has 4 aromatic rings. The van der Waals surface area contributed by atoms with E-state index in [9.17, 15) is 19.5 Å². The molecule has 2 aromatic carbocycles. The highest BCUT2D eigenvalue weighted by atomic mass is 16.5. The van der Waals surface area contributed by atoms with Crippen LogP contribution in [-0.4, -0.2) is 81.7 Å². The molecule has 1 saturated heterocycles. The number of hydrogen-bond acceptors (Lipinski definition) is 8. The Labute approximate surface area is 265 Å². The first-order chi connectivity index (χ1) is 22.3. The Morgan fingerprint density at radius 1 is 1.07 bits per heavy atom. The van der Waals surface area contributed by atoms with Crippen LogP contribution in [0.1, 0.15) is 45.1 Å². The standard InChI is InChI=1S/C35H35N5O6/c1-22-17-25-9-6-10-29-32(25)39(22)31(24-7-4-3-5-8-24)20-38(33(29)42)40-23(2)36-30-18-26(11-12-28(30)34(40)43)35(44)46-21-27(41)19-37-13-15-45-16-14-37/h3-5,7-8,10-12,17-18,20,27,41H,6,9,13-16,19,21H2,1-2H3. The van der Waals surface area contributed by atoms with Crippen LogP contribution in [0.15, 0.2) is 71.7 Å². The van der Waals surface area contributed by atoms with Crippen LogP contribution in [0.3, 0.4) is 0 Å². The Hall–Kier alpha value is -4.84. The SMILES string of the molecule is Cc1cc2c3n1C(c1ccccc1)=CN(n1c(C)nc4cc(C(=O)OCC(O)CN5CCOCC5)ccc4c1=O)C(=O)C3=CCC2. The fourth-order valence-electron chi connectivity index (χ4n) is 6.53. The van der Waals surface area contributed by atoms with E-state index >= 15 is 0 Å². The summed E-state index contributed by atoms with van der Waals surface area (Å²) in [4.78, 5) is 48.0. The smallest absolute Gasteiger partial charge is 0.338 e. The van der Waals surface area contributed by atoms with Crippen molar-refractivity contribution in [3.63, 3.8) is 0 Å². The second-order valence-corrected chi connectivity index (χ2v) is 11.9. The van der Waals surface area contributed by atoms with Crippen LogP contribution in [0.5, 0.6) is 0 Å². The van der Waals surface area contributed by atoms with Crippen LogP contribution < -0.4 is 10.6 Å². The van der Waals surface area contributed by atoms with Gasteiger partial charge >= 0.3 is 5.97 Å². The Morgan fingerprint density at radius 2 is 1.85 bits per heavy atom. The summed E-state index contributed by atoms with van der Waals surface area (Å²) in [5.74, 6) is -0.670. The van der Waals surface area contributed by atoms with Crippen molar-refractivity contribution in [2.45, 2.75) is 32.8 Å². The van der Waals surface area contributed by atoms with Crippen molar-refractivity contribution in [3.8, 4) is 0 Å². The number of nitrogens with zero attached hydrogens (tertiary/aromatic N) is 5. The Balaban J connectivity index is 1.23. The molecule has 1 fully saturated rings. The number of aryl methyl sites for hydroxylation is 3. The summed E-state index contributed by atoms with van der Waals surface area (Å²) in [7, 11) is 0. The molecule has 2 aliphatic heterocycles. The number of morpholine rings is 1. The van der Waals surface area contributed by atoms with E-state index in [0.717, 1.165) is 54.1 Å². The summed E-state index contributed by atoms with van der Waals surface area (Å²) in [5.41, 5.74) is 5.21. The average Bonchev–Trinajstić information content (AvgIpc) is 3.34. The van der Waals surface area contributed by atoms with Gasteiger partial charge in [0.05, 0.1) is 52.8 Å². The summed E-state index contributed by atoms with van der Waals surface area (Å²) in [6, 6.07) is 16.4. The Morgan fingerprint density at radius 3 is 2.63 bits per heavy atom. The minimum Gasteiger partial charge on any atom is -0.459 e. The molecule has 1 N–H and O–H groups in total. The predicted molar refractivity (Wildman–Crippen MR) is 173 cm³/mol. The van der Waals surface area contributed by atoms with Crippen molar-refractivity contribution in [2.24, 2.45) is 0 Å². The first kappa shape index (κ1) is 29.8. The van der Waals surface area contributed by atoms with E-state index in [-0.39, 0.29) is 29.3 Å². The Bertz CT molecular complexity index is 1970. The van der Waals surface area contributed by atoms with Crippen LogP contribution in [0.25, 0.3) is 22.2 Å². The van der Waals surface area contributed by atoms with E-state index in [1.807, 2.05) is 43.3 Å². The molecule has 236 valence electrons. The summed E-state index contributed by atoms with van der Waals surface area (Å²) < 4.78 is 14.1. The van der Waals surface area contributed by atoms with Gasteiger partial charge in [0.1, 0.15) is 18.5 Å². The summed E-state index contributed by atoms with van der Waals surface area (Å²) in [5, 5.41) is 12.0. The zero-order chi connectivity index (χ0) is 31.9. The second-order valence-electron chi connectivity index (χ2n) is 11.9. The van der Waals surface area contributed by atoms with Gasteiger partial charge in [-0.15, -0.1) is 0 Å². The number of aliphatic hydroxyl groups excluding tert-OH is 1. The molecule has 1 amide bonds. The van der Waals surface area contributed by atoms with Gasteiger partial charge in [0, 0.05) is 30.9 Å². The number of ether oxygens (including phenoxy) is 2. The van der Waals surface area contributed by atoms with Crippen molar-refractivity contribution in [1.29, 1.82) is 0 Å². The molecule has 0 spiro atoms. The van der Waals surface area contributed by atoms with E-state index in [4.69, 9.17) is 9.47 Å². The molecular weight excluding hydrogens is 586 g/mol. The maximum Gasteiger partial charge on any atom is 0.338 e. The minimum atomic E-state index is -0.837. The molecule has 2 aromatic heterocycles. The molecular formula is C35H35N5O6. The van der Waals surface area contributed by atoms with Gasteiger partial charge in [0.25, 0.3) is 11.5 Å². The minimum absolute atomic E-state index is 0.158. The number of carbonyl (C=O) groups is 2. The molecule has 11 heteroatoms. The largest absolute Gasteiger partial charge is 0.459 e. The number of β-amino-alcohol motifs (C(OH)–C–C–N with tert-alkyl or cyclic N) is 1. The van der Waals surface area contributed by atoms with E-state index < -0.39 is 17.6 Å². The van der Waals surface area contributed by atoms with Crippen molar-refractivity contribution in [3.05, 3.63) is 111 Å². The lowest BCUT2D eigenvalue weighted by Crippen LogP contribution is -2.44. The highest BCUT2D eigenvalue weighted by Gasteiger charge is 2.34. The lowest BCUT2D eigenvalue weighted by Gasteiger charge is -2.28. The normalized spacial score (nSPS) is 17.3. The van der Waals surface area contributed by atoms with Crippen LogP contribution in [0, 0.1) is 13.8 Å². The van der Waals surface area contributed by atoms with Gasteiger partial charge in [-0.2, -0.15) is 4.68 Å². The van der Waals surface area contributed by atoms with Gasteiger partial charge in [-0.25, -0.2) is 14.8 Å². The molecule has 3 aliphatic rings. The zero-order valence-corrected chi connectivity index (χ0v) is 25.8. The van der Waals surface area contributed by atoms with Gasteiger partial charge in [0.2, 0.25) is 0 Å². The number of esters is 1. The maximum absolute atomic E-state index is 14.3. The van der Waals surface area contributed by atoms with Crippen LogP contribution >= 0.6 is 0 Å². The van der Waals surface area contributed by atoms with Gasteiger partial charge < -0.3 is 19.1 Å². The number of amides is 1. The molecule has 46 heavy (non-hydrogen) atoms. The molecule has 0 radical (unpaired) electrons. The van der Waals surface area contributed by atoms with Gasteiger partial charge in [-0.1, -0.05) is 36.4 Å². The number of hydrogen-bond donors (Lipinski definition) is 1. The van der Waals surface area contributed by atoms with Gasteiger partial charge in [-0.05, 0) is 56.5 Å². The van der Waals surface area contributed by atoms with Gasteiger partial charge in [0.15, 0.2) is 0 Å². The summed E-state index contributed by atoms with van der Waals surface area (Å²) in [6.45, 7) is 6.57. The predicted octanol–water partition coefficient (Wildman–Crippen LogP) is 3.02. The molecule has 0 bridgehead atoms. The van der Waals surface area contributed by atoms with Crippen LogP contribution in [-0.2, 0) is 20.7 Å². The van der Waals surface area contributed by atoms with Crippen molar-refractivity contribution >= 4 is 34.0 Å². The van der Waals surface area contributed by atoms with Crippen LogP contribution in [0.4, 0.5) is 0 Å². The topological polar surface area (TPSA) is 119 Å². The first-order valence-electron chi connectivity index (χ1n) is 15.5. The molecule has 0 saturated carbocycles. The van der Waals surface area contributed by atoms with Crippen molar-refractivity contribution in [2.75, 3.05) is 44.5 Å². The van der Waals surface area contributed by atoms with Crippen LogP contribution in [0.2, 0.25) is 0 Å². The summed E-state index contributed by atoms with van der Waals surface area (Å²) >= 11 is 0. The zero-order valence-electron chi connectivity index (χ0n) is 25.8. The number of rotatable bonds is 7. The Kier molecular flexibility index (Phi) is 7.89. The molecule has 1 aliphatic carbocycles. The van der Waals surface area contributed by atoms with E-state index in [0.29, 0.717) is 30.8 Å². The lowest BCUT2D eigenvalue weighted by molar-refractivity contribution is -0.114. The second kappa shape index (κ2) is 12.2. The molecule has 7 rings (SSSR count).